The van der Waals surface area contributed by atoms with E-state index in [1.54, 1.807) is 6.07 Å². The van der Waals surface area contributed by atoms with E-state index in [0.717, 1.165) is 22.2 Å². The molecule has 2 aromatic carbocycles. The summed E-state index contributed by atoms with van der Waals surface area (Å²) in [4.78, 5) is 16.9. The van der Waals surface area contributed by atoms with E-state index in [2.05, 4.69) is 16.4 Å². The van der Waals surface area contributed by atoms with Crippen molar-refractivity contribution >= 4 is 33.6 Å². The van der Waals surface area contributed by atoms with Crippen molar-refractivity contribution in [2.45, 2.75) is 0 Å². The average Bonchev–Trinajstić information content (AvgIpc) is 2.92. The Morgan fingerprint density at radius 1 is 1.00 bits per heavy atom. The van der Waals surface area contributed by atoms with Gasteiger partial charge in [-0.1, -0.05) is 42.5 Å². The van der Waals surface area contributed by atoms with E-state index in [9.17, 15) is 10.1 Å². The number of pyridine rings is 1. The summed E-state index contributed by atoms with van der Waals surface area (Å²) in [5, 5.41) is 13.4. The molecule has 1 aliphatic heterocycles. The Labute approximate surface area is 132 Å². The summed E-state index contributed by atoms with van der Waals surface area (Å²) in [6.45, 7) is 0. The van der Waals surface area contributed by atoms with Gasteiger partial charge in [0.15, 0.2) is 0 Å². The van der Waals surface area contributed by atoms with Gasteiger partial charge in [0.25, 0.3) is 5.91 Å². The number of nitrogens with zero attached hydrogens (tertiary/aromatic N) is 2. The molecule has 0 unspecified atom stereocenters. The van der Waals surface area contributed by atoms with Crippen molar-refractivity contribution in [3.63, 3.8) is 0 Å². The second kappa shape index (κ2) is 5.08. The van der Waals surface area contributed by atoms with Crippen molar-refractivity contribution < 1.29 is 4.79 Å². The molecule has 0 fully saturated rings. The Balaban J connectivity index is 1.97. The van der Waals surface area contributed by atoms with Crippen molar-refractivity contribution in [3.05, 3.63) is 71.9 Å². The first-order valence-electron chi connectivity index (χ1n) is 7.19. The smallest absolute Gasteiger partial charge is 0.257 e. The average molecular weight is 297 g/mol. The summed E-state index contributed by atoms with van der Waals surface area (Å²) in [5.41, 5.74) is 3.44. The van der Waals surface area contributed by atoms with Gasteiger partial charge in [-0.25, -0.2) is 4.98 Å². The fraction of sp³-hybridized carbons (Fsp3) is 0. The molecule has 4 nitrogen and oxygen atoms in total. The van der Waals surface area contributed by atoms with Crippen LogP contribution in [-0.4, -0.2) is 10.9 Å². The zero-order valence-corrected chi connectivity index (χ0v) is 12.1. The van der Waals surface area contributed by atoms with E-state index < -0.39 is 0 Å². The number of carbonyl (C=O) groups is 1. The Bertz CT molecular complexity index is 1030. The van der Waals surface area contributed by atoms with E-state index in [0.29, 0.717) is 16.8 Å². The van der Waals surface area contributed by atoms with Crippen LogP contribution < -0.4 is 5.32 Å². The second-order valence-corrected chi connectivity index (χ2v) is 5.25. The number of nitriles is 1. The van der Waals surface area contributed by atoms with Crippen LogP contribution in [0, 0.1) is 11.3 Å². The van der Waals surface area contributed by atoms with Crippen LogP contribution in [0.3, 0.4) is 0 Å². The van der Waals surface area contributed by atoms with Gasteiger partial charge in [-0.15, -0.1) is 0 Å². The predicted octanol–water partition coefficient (Wildman–Crippen LogP) is 3.62. The molecular formula is C19H11N3O. The van der Waals surface area contributed by atoms with Crippen LogP contribution in [0.1, 0.15) is 11.3 Å². The maximum absolute atomic E-state index is 12.3. The first-order valence-corrected chi connectivity index (χ1v) is 7.19. The first-order chi connectivity index (χ1) is 11.3. The van der Waals surface area contributed by atoms with Gasteiger partial charge in [0, 0.05) is 16.6 Å². The molecule has 0 radical (unpaired) electrons. The van der Waals surface area contributed by atoms with Crippen LogP contribution in [0.2, 0.25) is 0 Å². The lowest BCUT2D eigenvalue weighted by molar-refractivity contribution is -0.110. The van der Waals surface area contributed by atoms with Crippen molar-refractivity contribution in [1.29, 1.82) is 5.26 Å². The van der Waals surface area contributed by atoms with E-state index in [1.165, 1.54) is 0 Å². The lowest BCUT2D eigenvalue weighted by Gasteiger charge is -2.05. The lowest BCUT2D eigenvalue weighted by Crippen LogP contribution is -2.06. The zero-order chi connectivity index (χ0) is 15.8. The topological polar surface area (TPSA) is 65.8 Å². The van der Waals surface area contributed by atoms with Gasteiger partial charge in [0.1, 0.15) is 6.07 Å². The minimum Gasteiger partial charge on any atom is -0.321 e. The quantitative estimate of drug-likeness (QED) is 0.551. The molecule has 1 aliphatic rings. The van der Waals surface area contributed by atoms with Crippen LogP contribution in [0.25, 0.3) is 22.0 Å². The molecule has 4 heteroatoms. The van der Waals surface area contributed by atoms with Crippen LogP contribution in [0.15, 0.2) is 60.7 Å². The maximum atomic E-state index is 12.3. The number of benzene rings is 2. The minimum absolute atomic E-state index is 0.266. The normalized spacial score (nSPS) is 15.0. The molecule has 0 atom stereocenters. The number of para-hydroxylation sites is 2. The first kappa shape index (κ1) is 13.2. The predicted molar refractivity (Wildman–Crippen MR) is 89.2 cm³/mol. The largest absolute Gasteiger partial charge is 0.321 e. The molecule has 1 N–H and O–H groups in total. The second-order valence-electron chi connectivity index (χ2n) is 5.25. The Hall–Kier alpha value is -3.45. The summed E-state index contributed by atoms with van der Waals surface area (Å²) in [5.74, 6) is -0.266. The van der Waals surface area contributed by atoms with Gasteiger partial charge < -0.3 is 5.32 Å². The number of carbonyl (C=O) groups excluding carboxylic acids is 1. The van der Waals surface area contributed by atoms with Gasteiger partial charge in [-0.3, -0.25) is 4.79 Å². The Morgan fingerprint density at radius 2 is 1.78 bits per heavy atom. The van der Waals surface area contributed by atoms with Crippen LogP contribution >= 0.6 is 0 Å². The molecular weight excluding hydrogens is 286 g/mol. The summed E-state index contributed by atoms with van der Waals surface area (Å²) < 4.78 is 0. The highest BCUT2D eigenvalue weighted by atomic mass is 16.2. The van der Waals surface area contributed by atoms with Crippen LogP contribution in [0.4, 0.5) is 5.69 Å². The van der Waals surface area contributed by atoms with E-state index >= 15 is 0 Å². The van der Waals surface area contributed by atoms with Crippen LogP contribution in [0.5, 0.6) is 0 Å². The molecule has 2 heterocycles. The van der Waals surface area contributed by atoms with E-state index in [1.807, 2.05) is 54.6 Å². The van der Waals surface area contributed by atoms with Gasteiger partial charge in [-0.05, 0) is 18.2 Å². The third kappa shape index (κ3) is 2.07. The summed E-state index contributed by atoms with van der Waals surface area (Å²) in [6, 6.07) is 20.9. The molecule has 108 valence electrons. The number of nitrogens with one attached hydrogen (secondary N) is 1. The molecule has 0 bridgehead atoms. The number of allylic oxidation sites excluding steroid dienone is 1. The van der Waals surface area contributed by atoms with Gasteiger partial charge >= 0.3 is 0 Å². The molecule has 3 aromatic rings. The number of hydrogen-bond donors (Lipinski definition) is 1. The third-order valence-electron chi connectivity index (χ3n) is 3.89. The third-order valence-corrected chi connectivity index (χ3v) is 3.89. The zero-order valence-electron chi connectivity index (χ0n) is 12.1. The summed E-state index contributed by atoms with van der Waals surface area (Å²) >= 11 is 0. The van der Waals surface area contributed by atoms with Crippen molar-refractivity contribution in [1.82, 2.24) is 4.98 Å². The lowest BCUT2D eigenvalue weighted by atomic mass is 9.99. The SMILES string of the molecule is N#C/C(=C1\C(=O)Nc2ccccc21)c1ccc2ccccc2n1. The molecule has 0 spiro atoms. The highest BCUT2D eigenvalue weighted by molar-refractivity contribution is 6.37. The molecule has 0 saturated carbocycles. The molecule has 0 aliphatic carbocycles. The molecule has 0 saturated heterocycles. The Morgan fingerprint density at radius 3 is 2.65 bits per heavy atom. The van der Waals surface area contributed by atoms with Gasteiger partial charge in [0.2, 0.25) is 0 Å². The standard InChI is InChI=1S/C19H11N3O/c20-11-14(17-10-9-12-5-1-3-7-15(12)21-17)18-13-6-2-4-8-16(13)22-19(18)23/h1-10H,(H,22,23)/b18-14+. The van der Waals surface area contributed by atoms with Crippen molar-refractivity contribution in [2.24, 2.45) is 0 Å². The van der Waals surface area contributed by atoms with E-state index in [4.69, 9.17) is 0 Å². The number of anilines is 1. The molecule has 1 amide bonds. The highest BCUT2D eigenvalue weighted by Crippen LogP contribution is 2.36. The fourth-order valence-corrected chi connectivity index (χ4v) is 2.81. The fourth-order valence-electron chi connectivity index (χ4n) is 2.81. The number of hydrogen-bond acceptors (Lipinski definition) is 3. The van der Waals surface area contributed by atoms with Crippen molar-refractivity contribution in [3.8, 4) is 6.07 Å². The molecule has 23 heavy (non-hydrogen) atoms. The van der Waals surface area contributed by atoms with Gasteiger partial charge in [0.05, 0.1) is 22.4 Å². The molecule has 1 aromatic heterocycles. The summed E-state index contributed by atoms with van der Waals surface area (Å²) in [7, 11) is 0. The number of rotatable bonds is 1. The monoisotopic (exact) mass is 297 g/mol. The van der Waals surface area contributed by atoms with Gasteiger partial charge in [-0.2, -0.15) is 5.26 Å². The number of fused-ring (bicyclic) bond motifs is 2. The summed E-state index contributed by atoms with van der Waals surface area (Å²) in [6.07, 6.45) is 0. The number of aromatic nitrogens is 1. The van der Waals surface area contributed by atoms with Crippen molar-refractivity contribution in [2.75, 3.05) is 5.32 Å². The minimum atomic E-state index is -0.266. The molecule has 4 rings (SSSR count). The van der Waals surface area contributed by atoms with Crippen LogP contribution in [-0.2, 0) is 4.79 Å². The highest BCUT2D eigenvalue weighted by Gasteiger charge is 2.28. The Kier molecular flexibility index (Phi) is 2.92. The van der Waals surface area contributed by atoms with E-state index in [-0.39, 0.29) is 5.91 Å². The maximum Gasteiger partial charge on any atom is 0.257 e. The number of amides is 1.